The Kier molecular flexibility index (Phi) is 2.99. The molecule has 2 aliphatic rings. The standard InChI is InChI=1S/C14H19N3S/c1-11-7-5-6-10-14(11)15-13(18)17(16-14)12-8-3-2-4-9-12/h2-4,8-9,11,16H,5-7,10H2,1H3,(H,15,18)/t11-,14-/m0/s1. The van der Waals surface area contributed by atoms with Crippen molar-refractivity contribution in [3.63, 3.8) is 0 Å². The fraction of sp³-hybridized carbons (Fsp3) is 0.500. The summed E-state index contributed by atoms with van der Waals surface area (Å²) in [5, 5.41) is 6.31. The Morgan fingerprint density at radius 3 is 2.78 bits per heavy atom. The Morgan fingerprint density at radius 1 is 1.28 bits per heavy atom. The molecule has 0 bridgehead atoms. The molecular weight excluding hydrogens is 242 g/mol. The van der Waals surface area contributed by atoms with E-state index in [1.54, 1.807) is 0 Å². The van der Waals surface area contributed by atoms with E-state index in [1.165, 1.54) is 19.3 Å². The molecule has 0 amide bonds. The van der Waals surface area contributed by atoms with Crippen molar-refractivity contribution < 1.29 is 0 Å². The third-order valence-electron chi connectivity index (χ3n) is 4.16. The van der Waals surface area contributed by atoms with Gasteiger partial charge in [-0.1, -0.05) is 31.5 Å². The lowest BCUT2D eigenvalue weighted by Crippen LogP contribution is -2.57. The number of thiocarbonyl (C=S) groups is 1. The van der Waals surface area contributed by atoms with E-state index in [0.717, 1.165) is 17.2 Å². The van der Waals surface area contributed by atoms with Gasteiger partial charge in [0.1, 0.15) is 5.66 Å². The van der Waals surface area contributed by atoms with E-state index >= 15 is 0 Å². The van der Waals surface area contributed by atoms with Gasteiger partial charge in [0.05, 0.1) is 5.69 Å². The van der Waals surface area contributed by atoms with Crippen LogP contribution < -0.4 is 15.8 Å². The number of anilines is 1. The molecule has 1 saturated carbocycles. The van der Waals surface area contributed by atoms with E-state index in [4.69, 9.17) is 12.2 Å². The zero-order chi connectivity index (χ0) is 12.6. The molecule has 0 unspecified atom stereocenters. The molecule has 3 rings (SSSR count). The lowest BCUT2D eigenvalue weighted by atomic mass is 9.81. The van der Waals surface area contributed by atoms with Crippen molar-refractivity contribution in [1.29, 1.82) is 0 Å². The Morgan fingerprint density at radius 2 is 2.06 bits per heavy atom. The molecule has 2 N–H and O–H groups in total. The van der Waals surface area contributed by atoms with Gasteiger partial charge < -0.3 is 5.32 Å². The topological polar surface area (TPSA) is 27.3 Å². The molecule has 1 aliphatic carbocycles. The van der Waals surface area contributed by atoms with Gasteiger partial charge in [0.2, 0.25) is 0 Å². The van der Waals surface area contributed by atoms with Gasteiger partial charge >= 0.3 is 0 Å². The molecule has 1 aromatic rings. The second-order valence-electron chi connectivity index (χ2n) is 5.33. The average molecular weight is 261 g/mol. The molecule has 0 radical (unpaired) electrons. The first-order valence-electron chi connectivity index (χ1n) is 6.66. The molecule has 18 heavy (non-hydrogen) atoms. The molecule has 4 heteroatoms. The number of hydrazine groups is 1. The number of para-hydroxylation sites is 1. The molecule has 0 aromatic heterocycles. The predicted molar refractivity (Wildman–Crippen MR) is 78.2 cm³/mol. The highest BCUT2D eigenvalue weighted by Gasteiger charge is 2.45. The Balaban J connectivity index is 1.86. The van der Waals surface area contributed by atoms with Gasteiger partial charge in [0.15, 0.2) is 5.11 Å². The smallest absolute Gasteiger partial charge is 0.189 e. The van der Waals surface area contributed by atoms with Gasteiger partial charge in [0, 0.05) is 0 Å². The molecule has 96 valence electrons. The first-order valence-corrected chi connectivity index (χ1v) is 7.07. The predicted octanol–water partition coefficient (Wildman–Crippen LogP) is 2.79. The minimum atomic E-state index is -0.0365. The van der Waals surface area contributed by atoms with Crippen molar-refractivity contribution in [2.75, 3.05) is 5.01 Å². The number of nitrogens with one attached hydrogen (secondary N) is 2. The highest BCUT2D eigenvalue weighted by atomic mass is 32.1. The van der Waals surface area contributed by atoms with Crippen LogP contribution in [0.5, 0.6) is 0 Å². The second-order valence-corrected chi connectivity index (χ2v) is 5.72. The van der Waals surface area contributed by atoms with Gasteiger partial charge in [0.25, 0.3) is 0 Å². The number of hydrogen-bond acceptors (Lipinski definition) is 2. The van der Waals surface area contributed by atoms with Crippen molar-refractivity contribution in [3.8, 4) is 0 Å². The van der Waals surface area contributed by atoms with Crippen LogP contribution in [-0.2, 0) is 0 Å². The second kappa shape index (κ2) is 4.52. The van der Waals surface area contributed by atoms with Crippen LogP contribution in [0.1, 0.15) is 32.6 Å². The van der Waals surface area contributed by atoms with Crippen LogP contribution in [0.25, 0.3) is 0 Å². The van der Waals surface area contributed by atoms with Crippen LogP contribution in [0.2, 0.25) is 0 Å². The Hall–Kier alpha value is -1.13. The number of benzene rings is 1. The van der Waals surface area contributed by atoms with Crippen LogP contribution in [0.3, 0.4) is 0 Å². The third-order valence-corrected chi connectivity index (χ3v) is 4.44. The van der Waals surface area contributed by atoms with Crippen LogP contribution in [0.4, 0.5) is 5.69 Å². The lowest BCUT2D eigenvalue weighted by Gasteiger charge is -2.39. The highest BCUT2D eigenvalue weighted by Crippen LogP contribution is 2.35. The Labute approximate surface area is 114 Å². The van der Waals surface area contributed by atoms with Crippen molar-refractivity contribution >= 4 is 23.0 Å². The molecule has 1 heterocycles. The number of hydrogen-bond donors (Lipinski definition) is 2. The SMILES string of the molecule is C[C@H]1CCCC[C@@]12NC(=S)N(c1ccccc1)N2. The number of rotatable bonds is 1. The fourth-order valence-corrected chi connectivity index (χ4v) is 3.32. The monoisotopic (exact) mass is 261 g/mol. The molecule has 3 nitrogen and oxygen atoms in total. The average Bonchev–Trinajstić information content (AvgIpc) is 2.73. The van der Waals surface area contributed by atoms with Crippen molar-refractivity contribution in [2.24, 2.45) is 5.92 Å². The zero-order valence-electron chi connectivity index (χ0n) is 10.6. The molecule has 1 spiro atoms. The van der Waals surface area contributed by atoms with Gasteiger partial charge in [-0.25, -0.2) is 5.43 Å². The summed E-state index contributed by atoms with van der Waals surface area (Å²) in [6.45, 7) is 2.30. The van der Waals surface area contributed by atoms with Crippen LogP contribution in [0, 0.1) is 5.92 Å². The minimum Gasteiger partial charge on any atom is -0.341 e. The van der Waals surface area contributed by atoms with E-state index in [1.807, 2.05) is 23.2 Å². The molecule has 1 aromatic carbocycles. The summed E-state index contributed by atoms with van der Waals surface area (Å²) in [7, 11) is 0. The van der Waals surface area contributed by atoms with E-state index in [9.17, 15) is 0 Å². The normalized spacial score (nSPS) is 31.7. The third kappa shape index (κ3) is 1.89. The first kappa shape index (κ1) is 11.9. The fourth-order valence-electron chi connectivity index (χ4n) is 2.98. The van der Waals surface area contributed by atoms with Crippen LogP contribution in [-0.4, -0.2) is 10.8 Å². The first-order chi connectivity index (χ1) is 8.71. The van der Waals surface area contributed by atoms with Crippen LogP contribution in [0.15, 0.2) is 30.3 Å². The Bertz CT molecular complexity index is 448. The summed E-state index contributed by atoms with van der Waals surface area (Å²) in [6.07, 6.45) is 4.98. The summed E-state index contributed by atoms with van der Waals surface area (Å²) in [5.74, 6) is 0.595. The maximum atomic E-state index is 5.48. The van der Waals surface area contributed by atoms with Crippen LogP contribution >= 0.6 is 12.2 Å². The number of nitrogens with zero attached hydrogens (tertiary/aromatic N) is 1. The summed E-state index contributed by atoms with van der Waals surface area (Å²) in [5.41, 5.74) is 4.67. The molecular formula is C14H19N3S. The maximum Gasteiger partial charge on any atom is 0.189 e. The van der Waals surface area contributed by atoms with E-state index in [0.29, 0.717) is 5.92 Å². The molecule has 1 saturated heterocycles. The highest BCUT2D eigenvalue weighted by molar-refractivity contribution is 7.80. The summed E-state index contributed by atoms with van der Waals surface area (Å²) in [6, 6.07) is 10.2. The van der Waals surface area contributed by atoms with Crippen molar-refractivity contribution in [2.45, 2.75) is 38.3 Å². The van der Waals surface area contributed by atoms with Gasteiger partial charge in [-0.2, -0.15) is 0 Å². The summed E-state index contributed by atoms with van der Waals surface area (Å²) >= 11 is 5.48. The van der Waals surface area contributed by atoms with Gasteiger partial charge in [-0.15, -0.1) is 0 Å². The minimum absolute atomic E-state index is 0.0365. The van der Waals surface area contributed by atoms with E-state index in [2.05, 4.69) is 29.8 Å². The van der Waals surface area contributed by atoms with Crippen molar-refractivity contribution in [1.82, 2.24) is 10.7 Å². The summed E-state index contributed by atoms with van der Waals surface area (Å²) in [4.78, 5) is 0. The summed E-state index contributed by atoms with van der Waals surface area (Å²) < 4.78 is 0. The van der Waals surface area contributed by atoms with Gasteiger partial charge in [-0.05, 0) is 49.5 Å². The van der Waals surface area contributed by atoms with E-state index in [-0.39, 0.29) is 5.66 Å². The maximum absolute atomic E-state index is 5.48. The molecule has 2 atom stereocenters. The zero-order valence-corrected chi connectivity index (χ0v) is 11.5. The van der Waals surface area contributed by atoms with Gasteiger partial charge in [-0.3, -0.25) is 5.01 Å². The molecule has 1 aliphatic heterocycles. The lowest BCUT2D eigenvalue weighted by molar-refractivity contribution is 0.158. The quantitative estimate of drug-likeness (QED) is 0.760. The molecule has 2 fully saturated rings. The van der Waals surface area contributed by atoms with E-state index < -0.39 is 0 Å². The largest absolute Gasteiger partial charge is 0.341 e. The van der Waals surface area contributed by atoms with Crippen molar-refractivity contribution in [3.05, 3.63) is 30.3 Å².